The Balaban J connectivity index is 2.30. The summed E-state index contributed by atoms with van der Waals surface area (Å²) in [7, 11) is 0. The molecule has 108 valence electrons. The summed E-state index contributed by atoms with van der Waals surface area (Å²) < 4.78 is 15.5. The number of fused-ring (bicyclic) bond motifs is 1. The van der Waals surface area contributed by atoms with E-state index in [1.165, 1.54) is 12.1 Å². The predicted molar refractivity (Wildman–Crippen MR) is 84.6 cm³/mol. The molecule has 3 rings (SSSR count). The lowest BCUT2D eigenvalue weighted by molar-refractivity contribution is 0.629. The lowest BCUT2D eigenvalue weighted by Crippen LogP contribution is -2.02. The molecule has 0 aliphatic heterocycles. The van der Waals surface area contributed by atoms with E-state index >= 15 is 0 Å². The number of nitrogens with two attached hydrogens (primary N) is 1. The number of anilines is 1. The quantitative estimate of drug-likeness (QED) is 0.734. The van der Waals surface area contributed by atoms with Crippen LogP contribution in [0.3, 0.4) is 0 Å². The van der Waals surface area contributed by atoms with Crippen molar-refractivity contribution in [3.63, 3.8) is 0 Å². The van der Waals surface area contributed by atoms with Crippen LogP contribution in [-0.4, -0.2) is 9.55 Å². The Morgan fingerprint density at radius 3 is 2.81 bits per heavy atom. The Kier molecular flexibility index (Phi) is 3.37. The minimum absolute atomic E-state index is 0.271. The summed E-state index contributed by atoms with van der Waals surface area (Å²) >= 11 is 0. The average molecular weight is 283 g/mol. The maximum absolute atomic E-state index is 13.4. The third-order valence-corrected chi connectivity index (χ3v) is 3.72. The first-order valence-corrected chi connectivity index (χ1v) is 7.13. The smallest absolute Gasteiger partial charge is 0.143 e. The first kappa shape index (κ1) is 13.6. The van der Waals surface area contributed by atoms with Gasteiger partial charge in [-0.25, -0.2) is 9.37 Å². The largest absolute Gasteiger partial charge is 0.398 e. The van der Waals surface area contributed by atoms with Crippen molar-refractivity contribution in [3.05, 3.63) is 47.8 Å². The van der Waals surface area contributed by atoms with Gasteiger partial charge in [-0.2, -0.15) is 0 Å². The molecule has 1 heterocycles. The lowest BCUT2D eigenvalue weighted by Gasteiger charge is -2.11. The SMILES string of the molecule is CCCn1c(-c2cccc(C)c2N)nc2cc(F)ccc21. The van der Waals surface area contributed by atoms with Crippen LogP contribution in [0, 0.1) is 12.7 Å². The fraction of sp³-hybridized carbons (Fsp3) is 0.235. The van der Waals surface area contributed by atoms with Gasteiger partial charge in [0.25, 0.3) is 0 Å². The van der Waals surface area contributed by atoms with Gasteiger partial charge in [-0.15, -0.1) is 0 Å². The number of halogens is 1. The molecule has 0 spiro atoms. The lowest BCUT2D eigenvalue weighted by atomic mass is 10.1. The molecule has 0 aliphatic rings. The third kappa shape index (κ3) is 2.27. The highest BCUT2D eigenvalue weighted by Gasteiger charge is 2.15. The molecule has 3 aromatic rings. The van der Waals surface area contributed by atoms with Crippen LogP contribution in [0.15, 0.2) is 36.4 Å². The first-order valence-electron chi connectivity index (χ1n) is 7.13. The van der Waals surface area contributed by atoms with Crippen molar-refractivity contribution < 1.29 is 4.39 Å². The molecule has 4 heteroatoms. The van der Waals surface area contributed by atoms with Gasteiger partial charge in [0.05, 0.1) is 11.0 Å². The van der Waals surface area contributed by atoms with Gasteiger partial charge in [0.2, 0.25) is 0 Å². The number of nitrogens with zero attached hydrogens (tertiary/aromatic N) is 2. The van der Waals surface area contributed by atoms with Crippen LogP contribution in [0.4, 0.5) is 10.1 Å². The van der Waals surface area contributed by atoms with E-state index in [1.54, 1.807) is 6.07 Å². The zero-order valence-corrected chi connectivity index (χ0v) is 12.2. The highest BCUT2D eigenvalue weighted by atomic mass is 19.1. The molecule has 0 saturated heterocycles. The van der Waals surface area contributed by atoms with Crippen LogP contribution in [0.5, 0.6) is 0 Å². The van der Waals surface area contributed by atoms with Crippen molar-refractivity contribution in [2.45, 2.75) is 26.8 Å². The molecule has 0 aliphatic carbocycles. The summed E-state index contributed by atoms with van der Waals surface area (Å²) in [6, 6.07) is 10.6. The van der Waals surface area contributed by atoms with E-state index in [1.807, 2.05) is 25.1 Å². The second kappa shape index (κ2) is 5.20. The summed E-state index contributed by atoms with van der Waals surface area (Å²) in [4.78, 5) is 4.61. The molecule has 0 saturated carbocycles. The molecule has 21 heavy (non-hydrogen) atoms. The summed E-state index contributed by atoms with van der Waals surface area (Å²) in [5, 5.41) is 0. The van der Waals surface area contributed by atoms with E-state index in [-0.39, 0.29) is 5.82 Å². The normalized spacial score (nSPS) is 11.2. The highest BCUT2D eigenvalue weighted by Crippen LogP contribution is 2.31. The molecule has 0 fully saturated rings. The van der Waals surface area contributed by atoms with Crippen LogP contribution in [0.2, 0.25) is 0 Å². The van der Waals surface area contributed by atoms with Crippen LogP contribution < -0.4 is 5.73 Å². The van der Waals surface area contributed by atoms with Crippen LogP contribution in [0.1, 0.15) is 18.9 Å². The number of hydrogen-bond acceptors (Lipinski definition) is 2. The molecule has 0 atom stereocenters. The van der Waals surface area contributed by atoms with E-state index in [0.29, 0.717) is 5.52 Å². The van der Waals surface area contributed by atoms with Gasteiger partial charge in [0.15, 0.2) is 0 Å². The third-order valence-electron chi connectivity index (χ3n) is 3.72. The Bertz CT molecular complexity index is 805. The van der Waals surface area contributed by atoms with Gasteiger partial charge in [-0.3, -0.25) is 0 Å². The number of hydrogen-bond donors (Lipinski definition) is 1. The van der Waals surface area contributed by atoms with Gasteiger partial charge in [0, 0.05) is 23.9 Å². The van der Waals surface area contributed by atoms with Crippen molar-refractivity contribution in [1.82, 2.24) is 9.55 Å². The van der Waals surface area contributed by atoms with Gasteiger partial charge >= 0.3 is 0 Å². The van der Waals surface area contributed by atoms with E-state index < -0.39 is 0 Å². The van der Waals surface area contributed by atoms with E-state index in [9.17, 15) is 4.39 Å². The van der Waals surface area contributed by atoms with E-state index in [4.69, 9.17) is 5.73 Å². The maximum Gasteiger partial charge on any atom is 0.143 e. The Morgan fingerprint density at radius 1 is 1.24 bits per heavy atom. The summed E-state index contributed by atoms with van der Waals surface area (Å²) in [6.45, 7) is 4.91. The first-order chi connectivity index (χ1) is 10.1. The zero-order valence-electron chi connectivity index (χ0n) is 12.2. The van der Waals surface area contributed by atoms with Gasteiger partial charge in [-0.1, -0.05) is 19.1 Å². The van der Waals surface area contributed by atoms with Gasteiger partial charge in [0.1, 0.15) is 11.6 Å². The monoisotopic (exact) mass is 283 g/mol. The molecule has 0 bridgehead atoms. The Labute approximate surface area is 123 Å². The molecule has 0 amide bonds. The highest BCUT2D eigenvalue weighted by molar-refractivity contribution is 5.84. The number of nitrogen functional groups attached to an aromatic ring is 1. The zero-order chi connectivity index (χ0) is 15.0. The van der Waals surface area contributed by atoms with Crippen LogP contribution in [-0.2, 0) is 6.54 Å². The average Bonchev–Trinajstić information content (AvgIpc) is 2.80. The van der Waals surface area contributed by atoms with Crippen molar-refractivity contribution in [2.75, 3.05) is 5.73 Å². The number of benzene rings is 2. The second-order valence-electron chi connectivity index (χ2n) is 5.26. The van der Waals surface area contributed by atoms with Crippen LogP contribution in [0.25, 0.3) is 22.4 Å². The number of aryl methyl sites for hydroxylation is 2. The van der Waals surface area contributed by atoms with E-state index in [2.05, 4.69) is 16.5 Å². The van der Waals surface area contributed by atoms with Gasteiger partial charge in [-0.05, 0) is 37.1 Å². The maximum atomic E-state index is 13.4. The molecule has 2 aromatic carbocycles. The number of para-hydroxylation sites is 1. The second-order valence-corrected chi connectivity index (χ2v) is 5.26. The molecule has 3 nitrogen and oxygen atoms in total. The van der Waals surface area contributed by atoms with Crippen molar-refractivity contribution in [2.24, 2.45) is 0 Å². The van der Waals surface area contributed by atoms with Gasteiger partial charge < -0.3 is 10.3 Å². The van der Waals surface area contributed by atoms with Crippen molar-refractivity contribution >= 4 is 16.7 Å². The number of aromatic nitrogens is 2. The minimum Gasteiger partial charge on any atom is -0.398 e. The number of rotatable bonds is 3. The fourth-order valence-electron chi connectivity index (χ4n) is 2.63. The summed E-state index contributed by atoms with van der Waals surface area (Å²) in [5.41, 5.74) is 10.5. The standard InChI is InChI=1S/C17H18FN3/c1-3-9-21-15-8-7-12(18)10-14(15)20-17(21)13-6-4-5-11(2)16(13)19/h4-8,10H,3,9,19H2,1-2H3. The van der Waals surface area contributed by atoms with Crippen LogP contribution >= 0.6 is 0 Å². The molecular weight excluding hydrogens is 265 g/mol. The Morgan fingerprint density at radius 2 is 2.05 bits per heavy atom. The topological polar surface area (TPSA) is 43.8 Å². The molecule has 2 N–H and O–H groups in total. The summed E-state index contributed by atoms with van der Waals surface area (Å²) in [5.74, 6) is 0.533. The molecule has 1 aromatic heterocycles. The molecule has 0 radical (unpaired) electrons. The minimum atomic E-state index is -0.271. The molecule has 0 unspecified atom stereocenters. The van der Waals surface area contributed by atoms with Crippen molar-refractivity contribution in [3.8, 4) is 11.4 Å². The number of imidazole rings is 1. The summed E-state index contributed by atoms with van der Waals surface area (Å²) in [6.07, 6.45) is 0.974. The van der Waals surface area contributed by atoms with E-state index in [0.717, 1.165) is 41.1 Å². The van der Waals surface area contributed by atoms with Crippen molar-refractivity contribution in [1.29, 1.82) is 0 Å². The fourth-order valence-corrected chi connectivity index (χ4v) is 2.63. The predicted octanol–water partition coefficient (Wildman–Crippen LogP) is 4.14. The molecular formula is C17H18FN3. The Hall–Kier alpha value is -2.36.